The molecule has 0 spiro atoms. The van der Waals surface area contributed by atoms with Crippen molar-refractivity contribution < 1.29 is 20.1 Å². The van der Waals surface area contributed by atoms with Crippen molar-refractivity contribution in [2.75, 3.05) is 13.2 Å². The molecule has 4 heteroatoms. The van der Waals surface area contributed by atoms with E-state index in [1.165, 1.54) is 11.1 Å². The Balaban J connectivity index is 1.74. The van der Waals surface area contributed by atoms with E-state index >= 15 is 0 Å². The smallest absolute Gasteiger partial charge is 0.119 e. The van der Waals surface area contributed by atoms with Crippen LogP contribution < -0.4 is 4.74 Å². The molecule has 4 atom stereocenters. The number of ether oxygens (including phenoxy) is 1. The first kappa shape index (κ1) is 20.4. The monoisotopic (exact) mass is 396 g/mol. The summed E-state index contributed by atoms with van der Waals surface area (Å²) in [7, 11) is 0. The maximum absolute atomic E-state index is 11.7. The molecule has 156 valence electrons. The van der Waals surface area contributed by atoms with Crippen LogP contribution in [0.4, 0.5) is 0 Å². The molecule has 0 aromatic heterocycles. The molecule has 0 unspecified atom stereocenters. The second-order valence-corrected chi connectivity index (χ2v) is 9.02. The van der Waals surface area contributed by atoms with Gasteiger partial charge in [0, 0.05) is 5.41 Å². The molecule has 2 aromatic carbocycles. The second-order valence-electron chi connectivity index (χ2n) is 9.02. The van der Waals surface area contributed by atoms with Gasteiger partial charge in [0.1, 0.15) is 18.0 Å². The first-order valence-corrected chi connectivity index (χ1v) is 10.7. The highest BCUT2D eigenvalue weighted by Gasteiger charge is 2.60. The zero-order valence-corrected chi connectivity index (χ0v) is 17.4. The molecular formula is C25H32O4. The van der Waals surface area contributed by atoms with E-state index in [-0.39, 0.29) is 12.0 Å². The summed E-state index contributed by atoms with van der Waals surface area (Å²) >= 11 is 0. The van der Waals surface area contributed by atoms with Gasteiger partial charge in [0.05, 0.1) is 12.2 Å². The third-order valence-corrected chi connectivity index (χ3v) is 7.49. The van der Waals surface area contributed by atoms with Gasteiger partial charge in [-0.2, -0.15) is 0 Å². The van der Waals surface area contributed by atoms with Crippen LogP contribution in [0.15, 0.2) is 48.5 Å². The molecule has 0 saturated heterocycles. The van der Waals surface area contributed by atoms with Gasteiger partial charge >= 0.3 is 0 Å². The third-order valence-electron chi connectivity index (χ3n) is 7.49. The number of hydrogen-bond acceptors (Lipinski definition) is 4. The van der Waals surface area contributed by atoms with Crippen molar-refractivity contribution >= 4 is 0 Å². The van der Waals surface area contributed by atoms with E-state index in [4.69, 9.17) is 9.84 Å². The summed E-state index contributed by atoms with van der Waals surface area (Å²) < 4.78 is 5.62. The summed E-state index contributed by atoms with van der Waals surface area (Å²) in [5.74, 6) is 1.08. The van der Waals surface area contributed by atoms with Gasteiger partial charge in [0.15, 0.2) is 0 Å². The van der Waals surface area contributed by atoms with E-state index in [1.807, 2.05) is 36.4 Å². The van der Waals surface area contributed by atoms with Crippen molar-refractivity contribution in [3.05, 3.63) is 65.2 Å². The minimum atomic E-state index is -1.25. The Kier molecular flexibility index (Phi) is 5.22. The fourth-order valence-corrected chi connectivity index (χ4v) is 5.96. The van der Waals surface area contributed by atoms with E-state index in [0.717, 1.165) is 30.6 Å². The number of aryl methyl sites for hydroxylation is 1. The van der Waals surface area contributed by atoms with Gasteiger partial charge in [0.2, 0.25) is 0 Å². The third kappa shape index (κ3) is 3.18. The lowest BCUT2D eigenvalue weighted by atomic mass is 9.49. The molecule has 4 rings (SSSR count). The summed E-state index contributed by atoms with van der Waals surface area (Å²) in [6.07, 6.45) is 3.92. The number of aliphatic hydroxyl groups is 3. The van der Waals surface area contributed by atoms with Crippen LogP contribution in [0.1, 0.15) is 56.2 Å². The highest BCUT2D eigenvalue weighted by atomic mass is 16.5. The van der Waals surface area contributed by atoms with Gasteiger partial charge in [0.25, 0.3) is 0 Å². The molecule has 1 fully saturated rings. The average Bonchev–Trinajstić information content (AvgIpc) is 2.73. The lowest BCUT2D eigenvalue weighted by molar-refractivity contribution is -0.205. The van der Waals surface area contributed by atoms with Crippen LogP contribution in [0, 0.1) is 5.92 Å². The lowest BCUT2D eigenvalue weighted by Gasteiger charge is -2.59. The molecule has 1 saturated carbocycles. The molecule has 0 bridgehead atoms. The fourth-order valence-electron chi connectivity index (χ4n) is 5.96. The van der Waals surface area contributed by atoms with Crippen molar-refractivity contribution in [3.63, 3.8) is 0 Å². The molecule has 0 aliphatic heterocycles. The van der Waals surface area contributed by atoms with Crippen LogP contribution in [0.25, 0.3) is 0 Å². The van der Waals surface area contributed by atoms with Gasteiger partial charge in [-0.25, -0.2) is 0 Å². The zero-order chi connectivity index (χ0) is 20.7. The zero-order valence-electron chi connectivity index (χ0n) is 17.4. The molecule has 2 aliphatic carbocycles. The predicted molar refractivity (Wildman–Crippen MR) is 113 cm³/mol. The Labute approximate surface area is 173 Å². The van der Waals surface area contributed by atoms with Crippen LogP contribution >= 0.6 is 0 Å². The van der Waals surface area contributed by atoms with Gasteiger partial charge in [-0.05, 0) is 73.8 Å². The Morgan fingerprint density at radius 3 is 2.55 bits per heavy atom. The van der Waals surface area contributed by atoms with E-state index in [0.29, 0.717) is 25.4 Å². The standard InChI is InChI=1S/C25H32O4/c1-3-24-17-23(2,27)25(28,19-7-5-4-6-8-19)16-20(24)10-9-18-15-21(29-14-13-26)11-12-22(18)24/h4-8,11-12,15,20,26-28H,3,9-10,13-14,16-17H2,1-2H3/t20-,23-,24-,25-/m1/s1. The average molecular weight is 397 g/mol. The van der Waals surface area contributed by atoms with E-state index in [9.17, 15) is 10.2 Å². The van der Waals surface area contributed by atoms with Gasteiger partial charge in [-0.15, -0.1) is 0 Å². The SMILES string of the molecule is CC[C@@]12C[C@@](C)(O)[C@](O)(c3ccccc3)C[C@H]1CCc1cc(OCCO)ccc12. The number of aliphatic hydroxyl groups excluding tert-OH is 1. The van der Waals surface area contributed by atoms with Crippen LogP contribution in [-0.4, -0.2) is 34.1 Å². The summed E-state index contributed by atoms with van der Waals surface area (Å²) in [5.41, 5.74) is 0.699. The first-order chi connectivity index (χ1) is 13.9. The topological polar surface area (TPSA) is 69.9 Å². The van der Waals surface area contributed by atoms with Crippen LogP contribution in [0.2, 0.25) is 0 Å². The quantitative estimate of drug-likeness (QED) is 0.721. The van der Waals surface area contributed by atoms with Crippen LogP contribution in [-0.2, 0) is 17.4 Å². The Hall–Kier alpha value is -1.88. The van der Waals surface area contributed by atoms with Crippen molar-refractivity contribution in [1.29, 1.82) is 0 Å². The Morgan fingerprint density at radius 2 is 1.86 bits per heavy atom. The molecule has 0 heterocycles. The normalized spacial score (nSPS) is 33.6. The highest BCUT2D eigenvalue weighted by molar-refractivity contribution is 5.45. The van der Waals surface area contributed by atoms with Crippen molar-refractivity contribution in [1.82, 2.24) is 0 Å². The molecule has 4 nitrogen and oxygen atoms in total. The van der Waals surface area contributed by atoms with Crippen molar-refractivity contribution in [2.45, 2.75) is 62.6 Å². The van der Waals surface area contributed by atoms with Gasteiger partial charge < -0.3 is 20.1 Å². The van der Waals surface area contributed by atoms with E-state index < -0.39 is 11.2 Å². The molecule has 0 amide bonds. The summed E-state index contributed by atoms with van der Waals surface area (Å²) in [6.45, 7) is 4.28. The fraction of sp³-hybridized carbons (Fsp3) is 0.520. The maximum atomic E-state index is 11.7. The number of rotatable bonds is 5. The number of fused-ring (bicyclic) bond motifs is 3. The van der Waals surface area contributed by atoms with Gasteiger partial charge in [-0.1, -0.05) is 43.3 Å². The maximum Gasteiger partial charge on any atom is 0.119 e. The largest absolute Gasteiger partial charge is 0.491 e. The molecular weight excluding hydrogens is 364 g/mol. The first-order valence-electron chi connectivity index (χ1n) is 10.7. The van der Waals surface area contributed by atoms with Gasteiger partial charge in [-0.3, -0.25) is 0 Å². The summed E-state index contributed by atoms with van der Waals surface area (Å²) in [6, 6.07) is 15.8. The highest BCUT2D eigenvalue weighted by Crippen LogP contribution is 2.60. The van der Waals surface area contributed by atoms with Crippen molar-refractivity contribution in [2.24, 2.45) is 5.92 Å². The molecule has 0 radical (unpaired) electrons. The molecule has 2 aliphatic rings. The summed E-state index contributed by atoms with van der Waals surface area (Å²) in [5, 5.41) is 32.3. The van der Waals surface area contributed by atoms with Crippen LogP contribution in [0.3, 0.4) is 0 Å². The number of hydrogen-bond donors (Lipinski definition) is 3. The van der Waals surface area contributed by atoms with Crippen molar-refractivity contribution in [3.8, 4) is 5.75 Å². The Bertz CT molecular complexity index is 862. The Morgan fingerprint density at radius 1 is 1.10 bits per heavy atom. The minimum absolute atomic E-state index is 0.001000. The van der Waals surface area contributed by atoms with E-state index in [2.05, 4.69) is 19.1 Å². The molecule has 3 N–H and O–H groups in total. The molecule has 29 heavy (non-hydrogen) atoms. The minimum Gasteiger partial charge on any atom is -0.491 e. The van der Waals surface area contributed by atoms with E-state index in [1.54, 1.807) is 6.92 Å². The predicted octanol–water partition coefficient (Wildman–Crippen LogP) is 3.70. The number of benzene rings is 2. The second kappa shape index (κ2) is 7.42. The lowest BCUT2D eigenvalue weighted by Crippen LogP contribution is -2.62. The van der Waals surface area contributed by atoms with Crippen LogP contribution in [0.5, 0.6) is 5.75 Å². The molecule has 2 aromatic rings. The summed E-state index contributed by atoms with van der Waals surface area (Å²) in [4.78, 5) is 0.